The molecule has 3 heterocycles. The van der Waals surface area contributed by atoms with Gasteiger partial charge in [0.1, 0.15) is 18.1 Å². The van der Waals surface area contributed by atoms with E-state index in [4.69, 9.17) is 9.15 Å². The number of carbonyl (C=O) groups excluding carboxylic acids is 2. The first-order chi connectivity index (χ1) is 14.4. The molecule has 1 atom stereocenters. The third-order valence-corrected chi connectivity index (χ3v) is 6.38. The molecule has 1 spiro atoms. The summed E-state index contributed by atoms with van der Waals surface area (Å²) in [6.45, 7) is 9.00. The van der Waals surface area contributed by atoms with Gasteiger partial charge in [0.2, 0.25) is 5.91 Å². The maximum Gasteiger partial charge on any atom is 0.289 e. The van der Waals surface area contributed by atoms with Crippen LogP contribution in [0.5, 0.6) is 5.75 Å². The van der Waals surface area contributed by atoms with E-state index in [-0.39, 0.29) is 11.8 Å². The van der Waals surface area contributed by atoms with Crippen molar-refractivity contribution in [1.29, 1.82) is 0 Å². The Kier molecular flexibility index (Phi) is 5.58. The summed E-state index contributed by atoms with van der Waals surface area (Å²) in [5.74, 6) is 1.86. The van der Waals surface area contributed by atoms with Crippen molar-refractivity contribution in [1.82, 2.24) is 9.80 Å². The van der Waals surface area contributed by atoms with Gasteiger partial charge in [-0.05, 0) is 51.3 Å². The summed E-state index contributed by atoms with van der Waals surface area (Å²) >= 11 is 0. The van der Waals surface area contributed by atoms with Crippen LogP contribution in [0.15, 0.2) is 34.7 Å². The molecule has 2 aliphatic heterocycles. The van der Waals surface area contributed by atoms with Gasteiger partial charge in [-0.3, -0.25) is 9.59 Å². The molecule has 6 heteroatoms. The zero-order chi connectivity index (χ0) is 21.3. The van der Waals surface area contributed by atoms with E-state index in [2.05, 4.69) is 6.92 Å². The van der Waals surface area contributed by atoms with Gasteiger partial charge >= 0.3 is 0 Å². The van der Waals surface area contributed by atoms with E-state index in [1.54, 1.807) is 11.0 Å². The summed E-state index contributed by atoms with van der Waals surface area (Å²) in [5.41, 5.74) is 1.64. The zero-order valence-electron chi connectivity index (χ0n) is 18.1. The maximum absolute atomic E-state index is 13.0. The van der Waals surface area contributed by atoms with Crippen LogP contribution in [0.2, 0.25) is 0 Å². The van der Waals surface area contributed by atoms with Crippen molar-refractivity contribution in [2.24, 2.45) is 5.41 Å². The van der Waals surface area contributed by atoms with Gasteiger partial charge in [0, 0.05) is 31.7 Å². The molecule has 2 aliphatic rings. The Labute approximate surface area is 177 Å². The molecule has 2 amide bonds. The molecule has 2 fully saturated rings. The smallest absolute Gasteiger partial charge is 0.289 e. The van der Waals surface area contributed by atoms with E-state index in [0.29, 0.717) is 31.2 Å². The number of ether oxygens (including phenoxy) is 1. The molecule has 30 heavy (non-hydrogen) atoms. The topological polar surface area (TPSA) is 63.0 Å². The second-order valence-corrected chi connectivity index (χ2v) is 8.59. The second kappa shape index (κ2) is 8.17. The third-order valence-electron chi connectivity index (χ3n) is 6.38. The Morgan fingerprint density at radius 3 is 2.63 bits per heavy atom. The van der Waals surface area contributed by atoms with Crippen LogP contribution >= 0.6 is 0 Å². The van der Waals surface area contributed by atoms with Crippen molar-refractivity contribution in [2.75, 3.05) is 26.2 Å². The fourth-order valence-electron chi connectivity index (χ4n) is 4.52. The molecule has 0 radical (unpaired) electrons. The van der Waals surface area contributed by atoms with Crippen LogP contribution in [0.1, 0.15) is 53.6 Å². The molecule has 2 saturated heterocycles. The van der Waals surface area contributed by atoms with Gasteiger partial charge in [0.15, 0.2) is 5.76 Å². The minimum atomic E-state index is -0.399. The van der Waals surface area contributed by atoms with E-state index < -0.39 is 5.41 Å². The predicted octanol–water partition coefficient (Wildman–Crippen LogP) is 3.95. The number of furan rings is 1. The van der Waals surface area contributed by atoms with Crippen LogP contribution < -0.4 is 4.74 Å². The van der Waals surface area contributed by atoms with Gasteiger partial charge in [-0.2, -0.15) is 0 Å². The lowest BCUT2D eigenvalue weighted by molar-refractivity contribution is -0.135. The monoisotopic (exact) mass is 410 g/mol. The van der Waals surface area contributed by atoms with Crippen LogP contribution in [0.3, 0.4) is 0 Å². The molecule has 4 rings (SSSR count). The number of hydrogen-bond donors (Lipinski definition) is 0. The van der Waals surface area contributed by atoms with Gasteiger partial charge in [-0.1, -0.05) is 24.6 Å². The van der Waals surface area contributed by atoms with Crippen LogP contribution in [0.25, 0.3) is 0 Å². The molecule has 1 aromatic carbocycles. The summed E-state index contributed by atoms with van der Waals surface area (Å²) < 4.78 is 11.6. The largest absolute Gasteiger partial charge is 0.489 e. The Morgan fingerprint density at radius 2 is 1.90 bits per heavy atom. The van der Waals surface area contributed by atoms with E-state index in [0.717, 1.165) is 43.7 Å². The number of benzene rings is 1. The number of likely N-dealkylation sites (tertiary alicyclic amines) is 2. The summed E-state index contributed by atoms with van der Waals surface area (Å²) in [4.78, 5) is 29.6. The highest BCUT2D eigenvalue weighted by Crippen LogP contribution is 2.41. The maximum atomic E-state index is 13.0. The molecule has 6 nitrogen and oxygen atoms in total. The number of rotatable bonds is 6. The standard InChI is InChI=1S/C24H30N2O4/c1-4-11-25-12-9-24(23(25)28)10-13-26(16-24)22(27)21-14-19(18(3)30-21)15-29-20-7-5-17(2)6-8-20/h5-8,14H,4,9-13,15-16H2,1-3H3. The first-order valence-electron chi connectivity index (χ1n) is 10.8. The SMILES string of the molecule is CCCN1CCC2(CCN(C(=O)c3cc(COc4ccc(C)cc4)c(C)o3)C2)C1=O. The van der Waals surface area contributed by atoms with E-state index in [1.807, 2.05) is 43.0 Å². The molecule has 0 bridgehead atoms. The number of nitrogens with zero attached hydrogens (tertiary/aromatic N) is 2. The summed E-state index contributed by atoms with van der Waals surface area (Å²) in [5, 5.41) is 0. The van der Waals surface area contributed by atoms with Crippen molar-refractivity contribution in [3.8, 4) is 5.75 Å². The Bertz CT molecular complexity index is 933. The van der Waals surface area contributed by atoms with Crippen molar-refractivity contribution in [2.45, 2.75) is 46.6 Å². The highest BCUT2D eigenvalue weighted by atomic mass is 16.5. The molecule has 2 aromatic rings. The van der Waals surface area contributed by atoms with Crippen LogP contribution in [-0.2, 0) is 11.4 Å². The second-order valence-electron chi connectivity index (χ2n) is 8.59. The van der Waals surface area contributed by atoms with Crippen LogP contribution in [-0.4, -0.2) is 47.8 Å². The number of hydrogen-bond acceptors (Lipinski definition) is 4. The quantitative estimate of drug-likeness (QED) is 0.723. The van der Waals surface area contributed by atoms with Crippen molar-refractivity contribution >= 4 is 11.8 Å². The molecular formula is C24H30N2O4. The molecule has 1 aromatic heterocycles. The van der Waals surface area contributed by atoms with Gasteiger partial charge < -0.3 is 19.0 Å². The summed E-state index contributed by atoms with van der Waals surface area (Å²) in [6.07, 6.45) is 2.53. The number of amides is 2. The Balaban J connectivity index is 1.40. The number of aryl methyl sites for hydroxylation is 2. The molecule has 0 saturated carbocycles. The fraction of sp³-hybridized carbons (Fsp3) is 0.500. The average molecular weight is 411 g/mol. The third kappa shape index (κ3) is 3.83. The van der Waals surface area contributed by atoms with Gasteiger partial charge in [-0.25, -0.2) is 0 Å². The van der Waals surface area contributed by atoms with Crippen molar-refractivity contribution in [3.05, 3.63) is 53.0 Å². The summed E-state index contributed by atoms with van der Waals surface area (Å²) in [7, 11) is 0. The fourth-order valence-corrected chi connectivity index (χ4v) is 4.52. The highest BCUT2D eigenvalue weighted by Gasteiger charge is 2.51. The zero-order valence-corrected chi connectivity index (χ0v) is 18.1. The van der Waals surface area contributed by atoms with E-state index in [9.17, 15) is 9.59 Å². The van der Waals surface area contributed by atoms with Crippen LogP contribution in [0, 0.1) is 19.3 Å². The van der Waals surface area contributed by atoms with Gasteiger partial charge in [0.25, 0.3) is 5.91 Å². The molecule has 0 N–H and O–H groups in total. The number of carbonyl (C=O) groups is 2. The molecule has 0 aliphatic carbocycles. The lowest BCUT2D eigenvalue weighted by Crippen LogP contribution is -2.38. The predicted molar refractivity (Wildman–Crippen MR) is 113 cm³/mol. The highest BCUT2D eigenvalue weighted by molar-refractivity contribution is 5.93. The first kappa shape index (κ1) is 20.5. The summed E-state index contributed by atoms with van der Waals surface area (Å²) in [6, 6.07) is 9.64. The van der Waals surface area contributed by atoms with Crippen molar-refractivity contribution < 1.29 is 18.7 Å². The van der Waals surface area contributed by atoms with Gasteiger partial charge in [0.05, 0.1) is 5.41 Å². The van der Waals surface area contributed by atoms with Gasteiger partial charge in [-0.15, -0.1) is 0 Å². The molecule has 160 valence electrons. The van der Waals surface area contributed by atoms with E-state index in [1.165, 1.54) is 5.56 Å². The lowest BCUT2D eigenvalue weighted by Gasteiger charge is -2.23. The van der Waals surface area contributed by atoms with Crippen molar-refractivity contribution in [3.63, 3.8) is 0 Å². The Morgan fingerprint density at radius 1 is 1.17 bits per heavy atom. The van der Waals surface area contributed by atoms with Crippen LogP contribution in [0.4, 0.5) is 0 Å². The minimum absolute atomic E-state index is 0.140. The molecule has 1 unspecified atom stereocenters. The van der Waals surface area contributed by atoms with E-state index >= 15 is 0 Å². The molecular weight excluding hydrogens is 380 g/mol. The lowest BCUT2D eigenvalue weighted by atomic mass is 9.85. The minimum Gasteiger partial charge on any atom is -0.489 e. The Hall–Kier alpha value is -2.76. The normalized spacial score (nSPS) is 21.1. The first-order valence-corrected chi connectivity index (χ1v) is 10.8. The average Bonchev–Trinajstić information content (AvgIpc) is 3.42.